The molecule has 20 aromatic rings. The van der Waals surface area contributed by atoms with Gasteiger partial charge in [0.15, 0.2) is 45.5 Å². The molecule has 0 saturated heterocycles. The van der Waals surface area contributed by atoms with Crippen LogP contribution in [-0.4, -0.2) is 0 Å². The fraction of sp³-hybridized carbons (Fsp3) is 0.250. The molecule has 0 spiro atoms. The second-order valence-corrected chi connectivity index (χ2v) is 36.0. The number of aromatic nitrogens is 4. The summed E-state index contributed by atoms with van der Waals surface area (Å²) in [6, 6.07) is 18.5. The Labute approximate surface area is 873 Å². The zero-order valence-electron chi connectivity index (χ0n) is 117. The lowest BCUT2D eigenvalue weighted by Crippen LogP contribution is -2.37. The van der Waals surface area contributed by atoms with Crippen LogP contribution >= 0.6 is 0 Å². The first-order valence-corrected chi connectivity index (χ1v) is 46.2. The molecule has 2 saturated carbocycles. The maximum absolute atomic E-state index is 9.59. The van der Waals surface area contributed by atoms with Gasteiger partial charge in [0, 0.05) is 156 Å². The SMILES string of the molecule is [2H]c1c([2H])c([2H])c(-c2c([N+]#[C-])ccc3c2oc2c(-c4c([2H])c(C)c(C([2H])(C)C)c(C)[n+]4C)c(C)ccc23)c([2H])c1[2H].[2H]c1c([2H])c([2H])c(-c2c([N+]#[C-])ccc3c2oc2c(-c4c([2H])c(C)c(CC([2H])([2H])[2H])c(C)[n+]4C)c(C)ccc23)c([2H])c1[2H].[2H]c1c([2H])c([2H])c(-c2c([N+]#[C-])ccc3c2oc2c(-c4c([2H])c(C5([2H])CCCC5)c(C([2H])([2H])[2H])c(C)[n+]4C)c(C)ccc23)c([2H])c1[2H].[2H]c1c([2H])c([2H])c(-c2c([N+]#[C-])ccc3c2oc2c(-c4c([2H])c(C5([2H])CCCCC5)c(C([2H])([2H])[2H])c(C)[n+]4C)c(C)ccc23)c([2H])c1[2H]. The van der Waals surface area contributed by atoms with E-state index in [4.69, 9.17) is 87.8 Å². The largest absolute Gasteiger partial charge is 0.456 e. The number of hydrogen-bond acceptors (Lipinski definition) is 4. The first kappa shape index (κ1) is 59.5. The smallest absolute Gasteiger partial charge is 0.216 e. The van der Waals surface area contributed by atoms with Gasteiger partial charge in [-0.1, -0.05) is 271 Å². The minimum atomic E-state index is -2.55. The average molecular weight is 1870 g/mol. The molecule has 0 amide bonds. The molecule has 8 heterocycles. The van der Waals surface area contributed by atoms with Crippen LogP contribution in [0.25, 0.3) is 197 Å². The van der Waals surface area contributed by atoms with Crippen LogP contribution in [0.5, 0.6) is 0 Å². The molecule has 12 heteroatoms. The van der Waals surface area contributed by atoms with Gasteiger partial charge in [-0.15, -0.1) is 0 Å². The van der Waals surface area contributed by atoms with Gasteiger partial charge in [-0.05, 0) is 172 Å². The molecule has 2 aliphatic carbocycles. The molecule has 0 bridgehead atoms. The summed E-state index contributed by atoms with van der Waals surface area (Å²) < 4.78 is 339. The van der Waals surface area contributed by atoms with E-state index in [1.165, 1.54) is 12.1 Å². The van der Waals surface area contributed by atoms with Crippen molar-refractivity contribution in [2.75, 3.05) is 0 Å². The van der Waals surface area contributed by atoms with Gasteiger partial charge in [0.1, 0.15) is 72.9 Å². The molecule has 12 aromatic carbocycles. The Morgan fingerprint density at radius 3 is 0.864 bits per heavy atom. The summed E-state index contributed by atoms with van der Waals surface area (Å²) in [5.74, 6) is -3.39. The van der Waals surface area contributed by atoms with Gasteiger partial charge < -0.3 is 17.7 Å². The number of furan rings is 4. The van der Waals surface area contributed by atoms with Crippen LogP contribution in [0.1, 0.15) is 235 Å². The normalized spacial score (nSPS) is 17.3. The number of aryl methyl sites for hydroxylation is 4. The van der Waals surface area contributed by atoms with Crippen LogP contribution in [0.15, 0.2) is 260 Å². The predicted molar refractivity (Wildman–Crippen MR) is 575 cm³/mol. The van der Waals surface area contributed by atoms with Crippen LogP contribution in [0.2, 0.25) is 0 Å². The molecule has 140 heavy (non-hydrogen) atoms. The summed E-state index contributed by atoms with van der Waals surface area (Å²) in [6.07, 6.45) is 5.63. The number of fused-ring (bicyclic) bond motifs is 12. The third kappa shape index (κ3) is 16.2. The Kier molecular flexibility index (Phi) is 16.3. The van der Waals surface area contributed by atoms with Crippen molar-refractivity contribution >= 4 is 111 Å². The van der Waals surface area contributed by atoms with E-state index in [2.05, 4.69) is 19.4 Å². The van der Waals surface area contributed by atoms with E-state index in [0.29, 0.717) is 170 Å². The minimum absolute atomic E-state index is 0.0280. The number of rotatable bonds is 12. The van der Waals surface area contributed by atoms with E-state index < -0.39 is 159 Å². The lowest BCUT2D eigenvalue weighted by atomic mass is 9.81. The molecular weight excluding hydrogens is 1710 g/mol. The highest BCUT2D eigenvalue weighted by Gasteiger charge is 2.35. The van der Waals surface area contributed by atoms with Crippen molar-refractivity contribution in [2.24, 2.45) is 28.2 Å². The highest BCUT2D eigenvalue weighted by Crippen LogP contribution is 2.52. The van der Waals surface area contributed by atoms with Crippen molar-refractivity contribution in [3.8, 4) is 89.5 Å². The van der Waals surface area contributed by atoms with Gasteiger partial charge in [-0.25, -0.2) is 19.4 Å². The summed E-state index contributed by atoms with van der Waals surface area (Å²) in [7, 11) is 7.05. The Bertz CT molecular complexity index is 10600. The second kappa shape index (κ2) is 38.4. The van der Waals surface area contributed by atoms with E-state index in [-0.39, 0.29) is 142 Å². The Balaban J connectivity index is 0.000000143. The summed E-state index contributed by atoms with van der Waals surface area (Å²) in [5.41, 5.74) is 15.3. The van der Waals surface area contributed by atoms with Crippen molar-refractivity contribution in [3.05, 3.63) is 377 Å². The molecule has 692 valence electrons. The van der Waals surface area contributed by atoms with E-state index >= 15 is 0 Å². The second-order valence-electron chi connectivity index (χ2n) is 36.0. The van der Waals surface area contributed by atoms with Crippen LogP contribution in [0.3, 0.4) is 0 Å². The number of nitrogens with zero attached hydrogens (tertiary/aromatic N) is 8. The van der Waals surface area contributed by atoms with Crippen molar-refractivity contribution in [1.82, 2.24) is 0 Å². The van der Waals surface area contributed by atoms with Crippen LogP contribution in [-0.2, 0) is 34.6 Å². The lowest BCUT2D eigenvalue weighted by molar-refractivity contribution is -0.667. The van der Waals surface area contributed by atoms with Gasteiger partial charge in [0.25, 0.3) is 0 Å². The van der Waals surface area contributed by atoms with Crippen LogP contribution < -0.4 is 18.3 Å². The molecular formula is C128H120N8O4+4. The van der Waals surface area contributed by atoms with Crippen molar-refractivity contribution in [3.63, 3.8) is 0 Å². The first-order chi connectivity index (χ1) is 82.3. The predicted octanol–water partition coefficient (Wildman–Crippen LogP) is 34.3. The molecule has 2 fully saturated rings. The molecule has 0 aliphatic heterocycles. The lowest BCUT2D eigenvalue weighted by Gasteiger charge is -2.24. The molecule has 22 rings (SSSR count). The zero-order valence-corrected chi connectivity index (χ0v) is 80.5. The van der Waals surface area contributed by atoms with Gasteiger partial charge in [-0.2, -0.15) is 18.3 Å². The molecule has 8 aromatic heterocycles. The summed E-state index contributed by atoms with van der Waals surface area (Å²) >= 11 is 0. The monoisotopic (exact) mass is 1870 g/mol. The zero-order chi connectivity index (χ0) is 129. The van der Waals surface area contributed by atoms with Gasteiger partial charge >= 0.3 is 0 Å². The van der Waals surface area contributed by atoms with Crippen molar-refractivity contribution in [2.45, 2.75) is 186 Å². The fourth-order valence-electron chi connectivity index (χ4n) is 20.2. The molecule has 0 N–H and O–H groups in total. The maximum Gasteiger partial charge on any atom is 0.216 e. The highest BCUT2D eigenvalue weighted by atomic mass is 16.3. The van der Waals surface area contributed by atoms with Crippen molar-refractivity contribution < 1.29 is 85.3 Å². The highest BCUT2D eigenvalue weighted by molar-refractivity contribution is 6.19. The first-order valence-electron chi connectivity index (χ1n) is 64.2. The topological polar surface area (TPSA) is 85.5 Å². The molecule has 0 atom stereocenters. The van der Waals surface area contributed by atoms with Gasteiger partial charge in [0.05, 0.1) is 81.4 Å². The average Bonchev–Trinajstić information content (AvgIpc) is 1.51. The molecule has 0 unspecified atom stereocenters. The van der Waals surface area contributed by atoms with Crippen LogP contribution in [0, 0.1) is 109 Å². The summed E-state index contributed by atoms with van der Waals surface area (Å²) in [6.45, 7) is 45.9. The van der Waals surface area contributed by atoms with Gasteiger partial charge in [0.2, 0.25) is 22.8 Å². The summed E-state index contributed by atoms with van der Waals surface area (Å²) in [5, 5.41) is 4.91. The third-order valence-electron chi connectivity index (χ3n) is 27.8. The Hall–Kier alpha value is -15.6. The quantitative estimate of drug-likeness (QED) is 0.0901. The van der Waals surface area contributed by atoms with Crippen LogP contribution in [0.4, 0.5) is 22.7 Å². The third-order valence-corrected chi connectivity index (χ3v) is 27.8. The number of hydrogen-bond donors (Lipinski definition) is 0. The van der Waals surface area contributed by atoms with E-state index in [9.17, 15) is 5.48 Å². The minimum Gasteiger partial charge on any atom is -0.456 e. The molecule has 2 aliphatic rings. The number of pyridine rings is 4. The van der Waals surface area contributed by atoms with E-state index in [1.54, 1.807) is 92.0 Å². The van der Waals surface area contributed by atoms with E-state index in [1.807, 2.05) is 122 Å². The standard InChI is InChI=1S/C34H33N2O.C33H31N2O.C31H29N2O.C30H27N2O/c1-21-16-17-26-27-18-19-29(35-4)32(25-14-10-7-11-15-25)34(27)37-33(26)31(21)30-20-28(22(2)23(3)36(30)5)24-12-8-6-9-13-24;1-20-15-16-25-26-17-18-28(34-4)31(24-13-7-6-8-14-24)33(26)36-32(25)30(20)29-19-27(23-11-9-10-12-23)21(2)22(3)35(29)5;1-18(2)27-20(4)17-26(33(7)21(27)5)28-19(3)13-14-23-24-15-16-25(32-6)29(31(24)34-30(23)28)22-11-9-8-10-12-22;1-7-22-19(3)17-26(32(6)20(22)4)27-18(2)13-14-23-24-15-16-25(31-5)28(30(24)33-29(23)27)21-11-9-8-10-12-21/h7,10-11,14-20,24H,6,8-9,12-13H2,1-3,5H3;6-8,13-19,23H,9-12H2,1-3,5H3;8-18H,1-5,7H3;8-17H,7H2,1-4,6H3/q4*+1/i2D3,7D,10D,11D,14D,15D,20D,24D;2D3,6D,7D,8D,13D,14D,19D,23D;8D,9D,10D,11D,12D,17D,18D;1D3,8D,9D,10D,11D,12D,17D. The van der Waals surface area contributed by atoms with Crippen molar-refractivity contribution in [1.29, 1.82) is 0 Å². The molecule has 0 radical (unpaired) electrons. The Morgan fingerprint density at radius 2 is 0.586 bits per heavy atom. The maximum atomic E-state index is 9.59. The van der Waals surface area contributed by atoms with Gasteiger partial charge in [-0.3, -0.25) is 0 Å². The molecule has 12 nitrogen and oxygen atoms in total. The Morgan fingerprint density at radius 1 is 0.329 bits per heavy atom. The summed E-state index contributed by atoms with van der Waals surface area (Å²) in [4.78, 5) is 14.4. The fourth-order valence-corrected chi connectivity index (χ4v) is 20.2. The number of benzene rings is 12. The van der Waals surface area contributed by atoms with E-state index in [0.717, 1.165) is 65.6 Å².